The maximum Gasteiger partial charge on any atom is 0.416 e. The van der Waals surface area contributed by atoms with Gasteiger partial charge in [-0.05, 0) is 61.9 Å². The van der Waals surface area contributed by atoms with Crippen LogP contribution in [0.25, 0.3) is 0 Å². The molecule has 2 atom stereocenters. The molecule has 188 valence electrons. The van der Waals surface area contributed by atoms with Crippen molar-refractivity contribution in [2.24, 2.45) is 5.92 Å². The summed E-state index contributed by atoms with van der Waals surface area (Å²) in [5.41, 5.74) is -2.43. The SMILES string of the molecule is O=C(NC(c1ccc(C(F)(F)F)cc1F)C1CC1)[C@H]1CCCN1C(=O)c1cccc(C(F)(F)F)c1. The van der Waals surface area contributed by atoms with Crippen LogP contribution in [0.2, 0.25) is 0 Å². The Kier molecular flexibility index (Phi) is 6.54. The zero-order chi connectivity index (χ0) is 25.5. The fourth-order valence-electron chi connectivity index (χ4n) is 4.36. The van der Waals surface area contributed by atoms with Crippen molar-refractivity contribution in [2.45, 2.75) is 50.1 Å². The summed E-state index contributed by atoms with van der Waals surface area (Å²) in [5.74, 6) is -2.63. The highest BCUT2D eigenvalue weighted by Crippen LogP contribution is 2.43. The molecular formula is C24H21F7N2O2. The summed E-state index contributed by atoms with van der Waals surface area (Å²) < 4.78 is 92.4. The molecule has 35 heavy (non-hydrogen) atoms. The van der Waals surface area contributed by atoms with Crippen molar-refractivity contribution < 1.29 is 40.3 Å². The van der Waals surface area contributed by atoms with Crippen molar-refractivity contribution in [3.8, 4) is 0 Å². The summed E-state index contributed by atoms with van der Waals surface area (Å²) in [4.78, 5) is 27.2. The molecule has 2 aliphatic rings. The first-order valence-electron chi connectivity index (χ1n) is 11.0. The van der Waals surface area contributed by atoms with E-state index in [0.29, 0.717) is 25.3 Å². The lowest BCUT2D eigenvalue weighted by Crippen LogP contribution is -2.47. The molecule has 11 heteroatoms. The molecule has 1 unspecified atom stereocenters. The number of amides is 2. The highest BCUT2D eigenvalue weighted by atomic mass is 19.4. The van der Waals surface area contributed by atoms with Crippen molar-refractivity contribution in [3.05, 3.63) is 70.5 Å². The van der Waals surface area contributed by atoms with E-state index < -0.39 is 53.2 Å². The maximum atomic E-state index is 14.6. The first kappa shape index (κ1) is 25.0. The topological polar surface area (TPSA) is 49.4 Å². The standard InChI is InChI=1S/C24H21F7N2O2/c25-18-12-16(24(29,30)31)8-9-17(18)20(13-6-7-13)32-21(34)19-5-2-10-33(19)22(35)14-3-1-4-15(11-14)23(26,27)28/h1,3-4,8-9,11-13,19-20H,2,5-7,10H2,(H,32,34)/t19-,20?/m1/s1. The molecule has 2 fully saturated rings. The monoisotopic (exact) mass is 502 g/mol. The first-order valence-corrected chi connectivity index (χ1v) is 11.0. The Bertz CT molecular complexity index is 1130. The van der Waals surface area contributed by atoms with Crippen molar-refractivity contribution in [1.29, 1.82) is 0 Å². The summed E-state index contributed by atoms with van der Waals surface area (Å²) in [7, 11) is 0. The Hall–Kier alpha value is -3.11. The second kappa shape index (κ2) is 9.16. The molecule has 2 amide bonds. The van der Waals surface area contributed by atoms with E-state index in [4.69, 9.17) is 0 Å². The molecule has 2 aromatic rings. The van der Waals surface area contributed by atoms with Crippen molar-refractivity contribution in [2.75, 3.05) is 6.54 Å². The predicted octanol–water partition coefficient (Wildman–Crippen LogP) is 5.74. The maximum absolute atomic E-state index is 14.6. The van der Waals surface area contributed by atoms with Gasteiger partial charge >= 0.3 is 12.4 Å². The number of nitrogens with zero attached hydrogens (tertiary/aromatic N) is 1. The van der Waals surface area contributed by atoms with Gasteiger partial charge in [0, 0.05) is 17.7 Å². The highest BCUT2D eigenvalue weighted by Gasteiger charge is 2.41. The molecule has 0 bridgehead atoms. The van der Waals surface area contributed by atoms with E-state index in [0.717, 1.165) is 30.3 Å². The van der Waals surface area contributed by atoms with Crippen molar-refractivity contribution in [1.82, 2.24) is 10.2 Å². The molecule has 1 aliphatic carbocycles. The molecule has 1 N–H and O–H groups in total. The van der Waals surface area contributed by atoms with Gasteiger partial charge in [-0.15, -0.1) is 0 Å². The van der Waals surface area contributed by atoms with Crippen LogP contribution in [0.4, 0.5) is 30.7 Å². The molecule has 0 radical (unpaired) electrons. The minimum atomic E-state index is -4.72. The van der Waals surface area contributed by atoms with Crippen LogP contribution in [0.15, 0.2) is 42.5 Å². The van der Waals surface area contributed by atoms with Gasteiger partial charge in [0.05, 0.1) is 17.2 Å². The summed E-state index contributed by atoms with van der Waals surface area (Å²) in [6.45, 7) is 0.149. The minimum Gasteiger partial charge on any atom is -0.347 e. The van der Waals surface area contributed by atoms with Crippen LogP contribution in [0.1, 0.15) is 58.8 Å². The molecule has 1 heterocycles. The third kappa shape index (κ3) is 5.43. The summed E-state index contributed by atoms with van der Waals surface area (Å²) >= 11 is 0. The fraction of sp³-hybridized carbons (Fsp3) is 0.417. The van der Waals surface area contributed by atoms with Crippen LogP contribution in [0.5, 0.6) is 0 Å². The number of hydrogen-bond acceptors (Lipinski definition) is 2. The van der Waals surface area contributed by atoms with Gasteiger partial charge in [0.2, 0.25) is 5.91 Å². The van der Waals surface area contributed by atoms with Gasteiger partial charge in [-0.1, -0.05) is 12.1 Å². The number of carbonyl (C=O) groups is 2. The van der Waals surface area contributed by atoms with Crippen molar-refractivity contribution >= 4 is 11.8 Å². The van der Waals surface area contributed by atoms with E-state index in [1.54, 1.807) is 0 Å². The normalized spacial score (nSPS) is 19.5. The Morgan fingerprint density at radius 1 is 0.914 bits per heavy atom. The van der Waals surface area contributed by atoms with Crippen LogP contribution in [-0.2, 0) is 17.1 Å². The average molecular weight is 502 g/mol. The van der Waals surface area contributed by atoms with Gasteiger partial charge in [0.15, 0.2) is 0 Å². The number of likely N-dealkylation sites (tertiary alicyclic amines) is 1. The second-order valence-corrected chi connectivity index (χ2v) is 8.79. The predicted molar refractivity (Wildman–Crippen MR) is 111 cm³/mol. The lowest BCUT2D eigenvalue weighted by atomic mass is 9.99. The van der Waals surface area contributed by atoms with E-state index in [1.807, 2.05) is 0 Å². The quantitative estimate of drug-likeness (QED) is 0.531. The zero-order valence-corrected chi connectivity index (χ0v) is 18.2. The summed E-state index contributed by atoms with van der Waals surface area (Å²) in [6.07, 6.45) is -7.38. The van der Waals surface area contributed by atoms with E-state index in [-0.39, 0.29) is 30.0 Å². The average Bonchev–Trinajstić information content (AvgIpc) is 3.51. The van der Waals surface area contributed by atoms with E-state index in [9.17, 15) is 40.3 Å². The van der Waals surface area contributed by atoms with Crippen LogP contribution >= 0.6 is 0 Å². The van der Waals surface area contributed by atoms with Crippen LogP contribution in [0.3, 0.4) is 0 Å². The largest absolute Gasteiger partial charge is 0.416 e. The third-order valence-electron chi connectivity index (χ3n) is 6.31. The molecular weight excluding hydrogens is 481 g/mol. The number of halogens is 7. The first-order chi connectivity index (χ1) is 16.4. The Labute approximate surface area is 196 Å². The van der Waals surface area contributed by atoms with Gasteiger partial charge in [0.1, 0.15) is 11.9 Å². The third-order valence-corrected chi connectivity index (χ3v) is 6.31. The molecule has 4 nitrogen and oxygen atoms in total. The molecule has 2 aromatic carbocycles. The highest BCUT2D eigenvalue weighted by molar-refractivity contribution is 5.98. The number of rotatable bonds is 5. The van der Waals surface area contributed by atoms with Crippen LogP contribution in [-0.4, -0.2) is 29.3 Å². The Morgan fingerprint density at radius 3 is 2.17 bits per heavy atom. The molecule has 1 saturated carbocycles. The number of nitrogens with one attached hydrogen (secondary N) is 1. The summed E-state index contributed by atoms with van der Waals surface area (Å²) in [6, 6.07) is 4.17. The number of benzene rings is 2. The molecule has 0 aromatic heterocycles. The molecule has 4 rings (SSSR count). The molecule has 0 spiro atoms. The summed E-state index contributed by atoms with van der Waals surface area (Å²) in [5, 5.41) is 2.67. The number of hydrogen-bond donors (Lipinski definition) is 1. The van der Waals surface area contributed by atoms with Gasteiger partial charge in [-0.3, -0.25) is 9.59 Å². The van der Waals surface area contributed by atoms with Crippen molar-refractivity contribution in [3.63, 3.8) is 0 Å². The van der Waals surface area contributed by atoms with Crippen LogP contribution in [0, 0.1) is 11.7 Å². The Morgan fingerprint density at radius 2 is 1.57 bits per heavy atom. The zero-order valence-electron chi connectivity index (χ0n) is 18.2. The lowest BCUT2D eigenvalue weighted by molar-refractivity contribution is -0.138. The van der Waals surface area contributed by atoms with Gasteiger partial charge < -0.3 is 10.2 Å². The second-order valence-electron chi connectivity index (χ2n) is 8.79. The van der Waals surface area contributed by atoms with E-state index in [1.165, 1.54) is 11.0 Å². The van der Waals surface area contributed by atoms with Crippen LogP contribution < -0.4 is 5.32 Å². The number of carbonyl (C=O) groups excluding carboxylic acids is 2. The van der Waals surface area contributed by atoms with E-state index in [2.05, 4.69) is 5.32 Å². The molecule has 1 aliphatic heterocycles. The minimum absolute atomic E-state index is 0.0809. The number of alkyl halides is 6. The van der Waals surface area contributed by atoms with Gasteiger partial charge in [-0.2, -0.15) is 26.3 Å². The van der Waals surface area contributed by atoms with Gasteiger partial charge in [-0.25, -0.2) is 4.39 Å². The fourth-order valence-corrected chi connectivity index (χ4v) is 4.36. The molecule has 1 saturated heterocycles. The Balaban J connectivity index is 1.53. The lowest BCUT2D eigenvalue weighted by Gasteiger charge is -2.27. The van der Waals surface area contributed by atoms with E-state index >= 15 is 0 Å². The van der Waals surface area contributed by atoms with Gasteiger partial charge in [0.25, 0.3) is 5.91 Å². The smallest absolute Gasteiger partial charge is 0.347 e.